The number of aryl methyl sites for hydroxylation is 2. The number of amides is 1. The predicted molar refractivity (Wildman–Crippen MR) is 81.6 cm³/mol. The van der Waals surface area contributed by atoms with Gasteiger partial charge >= 0.3 is 0 Å². The van der Waals surface area contributed by atoms with Crippen molar-refractivity contribution in [3.05, 3.63) is 29.3 Å². The number of rotatable bonds is 6. The Balaban J connectivity index is 2.01. The fourth-order valence-electron chi connectivity index (χ4n) is 2.54. The molecule has 0 heterocycles. The minimum Gasteiger partial charge on any atom is -0.356 e. The maximum atomic E-state index is 12.2. The Morgan fingerprint density at radius 2 is 1.90 bits per heavy atom. The van der Waals surface area contributed by atoms with Gasteiger partial charge in [-0.2, -0.15) is 0 Å². The van der Waals surface area contributed by atoms with E-state index in [-0.39, 0.29) is 18.9 Å². The molecule has 0 fully saturated rings. The summed E-state index contributed by atoms with van der Waals surface area (Å²) in [6.45, 7) is 2.50. The Morgan fingerprint density at radius 3 is 2.62 bits per heavy atom. The normalized spacial score (nSPS) is 14.5. The number of hydrogen-bond acceptors (Lipinski definition) is 3. The lowest BCUT2D eigenvalue weighted by Crippen LogP contribution is -2.30. The van der Waals surface area contributed by atoms with Gasteiger partial charge in [0.25, 0.3) is 0 Å². The topological polar surface area (TPSA) is 75.3 Å². The molecule has 1 aromatic rings. The lowest BCUT2D eigenvalue weighted by molar-refractivity contribution is -0.120. The van der Waals surface area contributed by atoms with Gasteiger partial charge in [0.15, 0.2) is 0 Å². The van der Waals surface area contributed by atoms with Crippen LogP contribution in [0.4, 0.5) is 0 Å². The predicted octanol–water partition coefficient (Wildman–Crippen LogP) is 1.37. The molecule has 116 valence electrons. The molecule has 0 aromatic heterocycles. The molecular formula is C15H22N2O3S. The zero-order chi connectivity index (χ0) is 15.3. The molecule has 0 spiro atoms. The van der Waals surface area contributed by atoms with Crippen LogP contribution in [0, 0.1) is 0 Å². The fraction of sp³-hybridized carbons (Fsp3) is 0.533. The van der Waals surface area contributed by atoms with Crippen LogP contribution in [0.5, 0.6) is 0 Å². The van der Waals surface area contributed by atoms with Crippen LogP contribution >= 0.6 is 0 Å². The first-order valence-electron chi connectivity index (χ1n) is 7.41. The third-order valence-electron chi connectivity index (χ3n) is 3.65. The van der Waals surface area contributed by atoms with Crippen molar-refractivity contribution in [3.63, 3.8) is 0 Å². The van der Waals surface area contributed by atoms with E-state index >= 15 is 0 Å². The molecule has 6 heteroatoms. The highest BCUT2D eigenvalue weighted by Gasteiger charge is 2.17. The molecule has 0 saturated heterocycles. The number of carbonyl (C=O) groups excluding carboxylic acids is 1. The van der Waals surface area contributed by atoms with Crippen molar-refractivity contribution < 1.29 is 13.2 Å². The summed E-state index contributed by atoms with van der Waals surface area (Å²) >= 11 is 0. The number of sulfonamides is 1. The zero-order valence-corrected chi connectivity index (χ0v) is 13.1. The smallest absolute Gasteiger partial charge is 0.240 e. The van der Waals surface area contributed by atoms with Crippen molar-refractivity contribution in [2.24, 2.45) is 0 Å². The molecule has 0 unspecified atom stereocenters. The van der Waals surface area contributed by atoms with E-state index in [1.165, 1.54) is 12.0 Å². The van der Waals surface area contributed by atoms with Crippen LogP contribution in [-0.4, -0.2) is 27.4 Å². The maximum Gasteiger partial charge on any atom is 0.240 e. The van der Waals surface area contributed by atoms with Gasteiger partial charge in [-0.1, -0.05) is 6.07 Å². The quantitative estimate of drug-likeness (QED) is 0.833. The number of nitrogens with one attached hydrogen (secondary N) is 2. The summed E-state index contributed by atoms with van der Waals surface area (Å²) in [5.74, 6) is -0.148. The molecular weight excluding hydrogens is 288 g/mol. The second kappa shape index (κ2) is 7.04. The van der Waals surface area contributed by atoms with Crippen molar-refractivity contribution in [1.29, 1.82) is 0 Å². The van der Waals surface area contributed by atoms with Crippen LogP contribution in [0.25, 0.3) is 0 Å². The highest BCUT2D eigenvalue weighted by atomic mass is 32.2. The van der Waals surface area contributed by atoms with E-state index in [2.05, 4.69) is 10.0 Å². The van der Waals surface area contributed by atoms with E-state index in [1.807, 2.05) is 13.0 Å². The SMILES string of the molecule is CCNC(=O)CCNS(=O)(=O)c1ccc2c(c1)CCCC2. The molecule has 2 rings (SSSR count). The van der Waals surface area contributed by atoms with Crippen LogP contribution in [0.1, 0.15) is 37.3 Å². The van der Waals surface area contributed by atoms with Gasteiger partial charge in [-0.05, 0) is 55.9 Å². The molecule has 1 aromatic carbocycles. The van der Waals surface area contributed by atoms with Crippen molar-refractivity contribution in [2.45, 2.75) is 43.9 Å². The van der Waals surface area contributed by atoms with Gasteiger partial charge in [0, 0.05) is 19.5 Å². The summed E-state index contributed by atoms with van der Waals surface area (Å²) in [6.07, 6.45) is 4.40. The highest BCUT2D eigenvalue weighted by Crippen LogP contribution is 2.23. The van der Waals surface area contributed by atoms with Crippen molar-refractivity contribution in [1.82, 2.24) is 10.0 Å². The van der Waals surface area contributed by atoms with E-state index in [0.717, 1.165) is 24.8 Å². The molecule has 0 radical (unpaired) electrons. The Hall–Kier alpha value is -1.40. The van der Waals surface area contributed by atoms with Crippen molar-refractivity contribution in [3.8, 4) is 0 Å². The van der Waals surface area contributed by atoms with Crippen LogP contribution in [0.15, 0.2) is 23.1 Å². The third-order valence-corrected chi connectivity index (χ3v) is 5.11. The summed E-state index contributed by atoms with van der Waals surface area (Å²) in [5, 5.41) is 2.64. The summed E-state index contributed by atoms with van der Waals surface area (Å²) in [5.41, 5.74) is 2.38. The van der Waals surface area contributed by atoms with Gasteiger partial charge in [0.05, 0.1) is 4.90 Å². The number of benzene rings is 1. The largest absolute Gasteiger partial charge is 0.356 e. The highest BCUT2D eigenvalue weighted by molar-refractivity contribution is 7.89. The number of hydrogen-bond donors (Lipinski definition) is 2. The molecule has 1 aliphatic rings. The molecule has 1 aliphatic carbocycles. The van der Waals surface area contributed by atoms with E-state index < -0.39 is 10.0 Å². The lowest BCUT2D eigenvalue weighted by atomic mass is 9.92. The average molecular weight is 310 g/mol. The fourth-order valence-corrected chi connectivity index (χ4v) is 3.63. The minimum absolute atomic E-state index is 0.116. The van der Waals surface area contributed by atoms with Crippen molar-refractivity contribution >= 4 is 15.9 Å². The Bertz CT molecular complexity index is 611. The zero-order valence-electron chi connectivity index (χ0n) is 12.3. The summed E-state index contributed by atoms with van der Waals surface area (Å²) in [7, 11) is -3.53. The molecule has 0 bridgehead atoms. The van der Waals surface area contributed by atoms with Crippen LogP contribution < -0.4 is 10.0 Å². The molecule has 21 heavy (non-hydrogen) atoms. The molecule has 0 saturated carbocycles. The van der Waals surface area contributed by atoms with Gasteiger partial charge in [0.2, 0.25) is 15.9 Å². The Kier molecular flexibility index (Phi) is 5.36. The summed E-state index contributed by atoms with van der Waals surface area (Å²) in [6, 6.07) is 5.33. The minimum atomic E-state index is -3.53. The van der Waals surface area contributed by atoms with Crippen LogP contribution in [0.2, 0.25) is 0 Å². The Labute approximate surface area is 126 Å². The molecule has 5 nitrogen and oxygen atoms in total. The van der Waals surface area contributed by atoms with Gasteiger partial charge in [0.1, 0.15) is 0 Å². The first-order valence-corrected chi connectivity index (χ1v) is 8.89. The van der Waals surface area contributed by atoms with Crippen LogP contribution in [0.3, 0.4) is 0 Å². The molecule has 0 atom stereocenters. The number of carbonyl (C=O) groups is 1. The van der Waals surface area contributed by atoms with E-state index in [1.54, 1.807) is 12.1 Å². The van der Waals surface area contributed by atoms with Gasteiger partial charge in [-0.15, -0.1) is 0 Å². The second-order valence-electron chi connectivity index (χ2n) is 5.24. The van der Waals surface area contributed by atoms with Gasteiger partial charge < -0.3 is 5.32 Å². The van der Waals surface area contributed by atoms with Gasteiger partial charge in [-0.3, -0.25) is 4.79 Å². The molecule has 2 N–H and O–H groups in total. The maximum absolute atomic E-state index is 12.2. The first kappa shape index (κ1) is 16.0. The average Bonchev–Trinajstić information content (AvgIpc) is 2.47. The lowest BCUT2D eigenvalue weighted by Gasteiger charge is -2.16. The molecule has 1 amide bonds. The molecule has 0 aliphatic heterocycles. The van der Waals surface area contributed by atoms with E-state index in [9.17, 15) is 13.2 Å². The monoisotopic (exact) mass is 310 g/mol. The Morgan fingerprint density at radius 1 is 1.19 bits per heavy atom. The second-order valence-corrected chi connectivity index (χ2v) is 7.01. The summed E-state index contributed by atoms with van der Waals surface area (Å²) in [4.78, 5) is 11.6. The van der Waals surface area contributed by atoms with E-state index in [4.69, 9.17) is 0 Å². The standard InChI is InChI=1S/C15H22N2O3S/c1-2-16-15(18)9-10-17-21(19,20)14-8-7-12-5-3-4-6-13(12)11-14/h7-8,11,17H,2-6,9-10H2,1H3,(H,16,18). The number of fused-ring (bicyclic) bond motifs is 1. The van der Waals surface area contributed by atoms with Crippen LogP contribution in [-0.2, 0) is 27.7 Å². The third kappa shape index (κ3) is 4.28. The van der Waals surface area contributed by atoms with E-state index in [0.29, 0.717) is 11.4 Å². The first-order chi connectivity index (χ1) is 10.0. The summed E-state index contributed by atoms with van der Waals surface area (Å²) < 4.78 is 26.9. The van der Waals surface area contributed by atoms with Crippen molar-refractivity contribution in [2.75, 3.05) is 13.1 Å². The van der Waals surface area contributed by atoms with Gasteiger partial charge in [-0.25, -0.2) is 13.1 Å².